The number of hydrogen-bond acceptors (Lipinski definition) is 4. The molecule has 1 aromatic heterocycles. The molecule has 0 saturated carbocycles. The van der Waals surface area contributed by atoms with Crippen molar-refractivity contribution < 1.29 is 9.53 Å². The van der Waals surface area contributed by atoms with Gasteiger partial charge in [0.05, 0.1) is 17.8 Å². The Morgan fingerprint density at radius 2 is 1.91 bits per heavy atom. The summed E-state index contributed by atoms with van der Waals surface area (Å²) in [5.41, 5.74) is 6.21. The number of pyridine rings is 1. The predicted molar refractivity (Wildman–Crippen MR) is 95.1 cm³/mol. The first-order valence-electron chi connectivity index (χ1n) is 7.17. The number of carbonyl (C=O) groups excluding carboxylic acids is 1. The van der Waals surface area contributed by atoms with Gasteiger partial charge >= 0.3 is 0 Å². The lowest BCUT2D eigenvalue weighted by atomic mass is 9.90. The lowest BCUT2D eigenvalue weighted by molar-refractivity contribution is -0.129. The van der Waals surface area contributed by atoms with Crippen LogP contribution < -0.4 is 11.1 Å². The number of halogens is 2. The van der Waals surface area contributed by atoms with Gasteiger partial charge in [0.15, 0.2) is 0 Å². The minimum Gasteiger partial charge on any atom is -0.381 e. The zero-order valence-corrected chi connectivity index (χ0v) is 14.3. The third kappa shape index (κ3) is 4.32. The Morgan fingerprint density at radius 1 is 1.22 bits per heavy atom. The maximum atomic E-state index is 12.3. The molecule has 1 saturated heterocycles. The van der Waals surface area contributed by atoms with Gasteiger partial charge in [0.2, 0.25) is 5.91 Å². The number of ether oxygens (including phenoxy) is 1. The average molecular weight is 358 g/mol. The van der Waals surface area contributed by atoms with Crippen molar-refractivity contribution in [2.45, 2.75) is 24.9 Å². The summed E-state index contributed by atoms with van der Waals surface area (Å²) < 4.78 is 5.26. The summed E-state index contributed by atoms with van der Waals surface area (Å²) in [6, 6.07) is 9.96. The highest BCUT2D eigenvalue weighted by atomic mass is 35.5. The molecule has 1 aliphatic heterocycles. The van der Waals surface area contributed by atoms with Gasteiger partial charge in [-0.2, -0.15) is 0 Å². The molecule has 23 heavy (non-hydrogen) atoms. The summed E-state index contributed by atoms with van der Waals surface area (Å²) in [4.78, 5) is 16.7. The van der Waals surface area contributed by atoms with Crippen molar-refractivity contribution in [3.63, 3.8) is 0 Å². The number of nitrogens with one attached hydrogen (secondary N) is 1. The molecule has 1 amide bonds. The Kier molecular flexibility index (Phi) is 7.22. The molecule has 3 rings (SSSR count). The summed E-state index contributed by atoms with van der Waals surface area (Å²) in [5, 5.41) is 5.09. The van der Waals surface area contributed by atoms with Gasteiger partial charge in [0, 0.05) is 24.8 Å². The van der Waals surface area contributed by atoms with Crippen molar-refractivity contribution >= 4 is 41.5 Å². The van der Waals surface area contributed by atoms with Crippen LogP contribution in [0.4, 0.5) is 0 Å². The number of fused-ring (bicyclic) bond motifs is 1. The Balaban J connectivity index is 0.00000132. The SMILES string of the molecule is Cl.Cl.NC1(C(=O)NCc2nccc3ccccc23)CCOCC1. The Morgan fingerprint density at radius 3 is 2.65 bits per heavy atom. The maximum absolute atomic E-state index is 12.3. The molecule has 7 heteroatoms. The van der Waals surface area contributed by atoms with Crippen molar-refractivity contribution in [1.82, 2.24) is 10.3 Å². The molecule has 1 aliphatic rings. The summed E-state index contributed by atoms with van der Waals surface area (Å²) in [6.07, 6.45) is 2.88. The molecule has 0 aliphatic carbocycles. The van der Waals surface area contributed by atoms with Crippen LogP contribution in [0.1, 0.15) is 18.5 Å². The van der Waals surface area contributed by atoms with E-state index in [0.29, 0.717) is 32.6 Å². The fourth-order valence-electron chi connectivity index (χ4n) is 2.63. The van der Waals surface area contributed by atoms with Gasteiger partial charge in [-0.3, -0.25) is 9.78 Å². The van der Waals surface area contributed by atoms with Crippen molar-refractivity contribution in [2.75, 3.05) is 13.2 Å². The van der Waals surface area contributed by atoms with Crippen LogP contribution in [0.2, 0.25) is 0 Å². The van der Waals surface area contributed by atoms with Crippen LogP contribution in [-0.2, 0) is 16.1 Å². The number of amides is 1. The molecule has 2 aromatic rings. The van der Waals surface area contributed by atoms with Gasteiger partial charge in [-0.1, -0.05) is 24.3 Å². The minimum absolute atomic E-state index is 0. The fourth-order valence-corrected chi connectivity index (χ4v) is 2.63. The molecule has 0 atom stereocenters. The smallest absolute Gasteiger partial charge is 0.240 e. The summed E-state index contributed by atoms with van der Waals surface area (Å²) >= 11 is 0. The molecule has 1 aromatic carbocycles. The van der Waals surface area contributed by atoms with E-state index in [1.165, 1.54) is 0 Å². The summed E-state index contributed by atoms with van der Waals surface area (Å²) in [6.45, 7) is 1.47. The van der Waals surface area contributed by atoms with E-state index in [-0.39, 0.29) is 30.7 Å². The Hall–Kier alpha value is -1.40. The highest BCUT2D eigenvalue weighted by Crippen LogP contribution is 2.19. The molecular formula is C16H21Cl2N3O2. The first kappa shape index (κ1) is 19.6. The topological polar surface area (TPSA) is 77.2 Å². The van der Waals surface area contributed by atoms with E-state index in [2.05, 4.69) is 10.3 Å². The number of carbonyl (C=O) groups is 1. The van der Waals surface area contributed by atoms with E-state index in [1.54, 1.807) is 6.20 Å². The molecule has 2 heterocycles. The summed E-state index contributed by atoms with van der Waals surface area (Å²) in [5.74, 6) is -0.125. The van der Waals surface area contributed by atoms with Crippen LogP contribution in [-0.4, -0.2) is 29.6 Å². The highest BCUT2D eigenvalue weighted by molar-refractivity contribution is 5.87. The number of nitrogens with zero attached hydrogens (tertiary/aromatic N) is 1. The van der Waals surface area contributed by atoms with Gasteiger partial charge < -0.3 is 15.8 Å². The number of nitrogens with two attached hydrogens (primary N) is 1. The first-order chi connectivity index (χ1) is 10.2. The molecule has 5 nitrogen and oxygen atoms in total. The van der Waals surface area contributed by atoms with E-state index >= 15 is 0 Å². The van der Waals surface area contributed by atoms with Gasteiger partial charge in [-0.15, -0.1) is 24.8 Å². The third-order valence-electron chi connectivity index (χ3n) is 4.01. The van der Waals surface area contributed by atoms with Crippen molar-refractivity contribution in [3.05, 3.63) is 42.2 Å². The van der Waals surface area contributed by atoms with Gasteiger partial charge in [-0.05, 0) is 24.3 Å². The lowest BCUT2D eigenvalue weighted by Gasteiger charge is -2.31. The van der Waals surface area contributed by atoms with E-state index in [4.69, 9.17) is 10.5 Å². The number of benzene rings is 1. The predicted octanol–water partition coefficient (Wildman–Crippen LogP) is 2.20. The van der Waals surface area contributed by atoms with Crippen molar-refractivity contribution in [3.8, 4) is 0 Å². The molecule has 1 fully saturated rings. The molecule has 0 spiro atoms. The quantitative estimate of drug-likeness (QED) is 0.882. The van der Waals surface area contributed by atoms with E-state index in [0.717, 1.165) is 16.5 Å². The lowest BCUT2D eigenvalue weighted by Crippen LogP contribution is -2.56. The Labute approximate surface area is 147 Å². The fraction of sp³-hybridized carbons (Fsp3) is 0.375. The molecule has 0 unspecified atom stereocenters. The second kappa shape index (κ2) is 8.45. The first-order valence-corrected chi connectivity index (χ1v) is 7.17. The zero-order chi connectivity index (χ0) is 14.7. The molecule has 126 valence electrons. The second-order valence-electron chi connectivity index (χ2n) is 5.43. The van der Waals surface area contributed by atoms with E-state index < -0.39 is 5.54 Å². The van der Waals surface area contributed by atoms with Gasteiger partial charge in [-0.25, -0.2) is 0 Å². The second-order valence-corrected chi connectivity index (χ2v) is 5.43. The van der Waals surface area contributed by atoms with Gasteiger partial charge in [0.25, 0.3) is 0 Å². The van der Waals surface area contributed by atoms with Crippen LogP contribution in [0.3, 0.4) is 0 Å². The van der Waals surface area contributed by atoms with E-state index in [9.17, 15) is 4.79 Å². The van der Waals surface area contributed by atoms with Crippen LogP contribution >= 0.6 is 24.8 Å². The minimum atomic E-state index is -0.817. The zero-order valence-electron chi connectivity index (χ0n) is 12.7. The highest BCUT2D eigenvalue weighted by Gasteiger charge is 2.35. The van der Waals surface area contributed by atoms with Crippen molar-refractivity contribution in [2.24, 2.45) is 5.73 Å². The number of rotatable bonds is 3. The molecule has 0 bridgehead atoms. The largest absolute Gasteiger partial charge is 0.381 e. The molecular weight excluding hydrogens is 337 g/mol. The van der Waals surface area contributed by atoms with E-state index in [1.807, 2.05) is 30.3 Å². The average Bonchev–Trinajstić information content (AvgIpc) is 2.53. The van der Waals surface area contributed by atoms with Gasteiger partial charge in [0.1, 0.15) is 0 Å². The molecule has 3 N–H and O–H groups in total. The molecule has 0 radical (unpaired) electrons. The normalized spacial score (nSPS) is 16.0. The number of aromatic nitrogens is 1. The van der Waals surface area contributed by atoms with Crippen molar-refractivity contribution in [1.29, 1.82) is 0 Å². The number of hydrogen-bond donors (Lipinski definition) is 2. The Bertz CT molecular complexity index is 655. The monoisotopic (exact) mass is 357 g/mol. The van der Waals surface area contributed by atoms with Crippen LogP contribution in [0.25, 0.3) is 10.8 Å². The van der Waals surface area contributed by atoms with Crippen LogP contribution in [0, 0.1) is 0 Å². The van der Waals surface area contributed by atoms with Crippen LogP contribution in [0.15, 0.2) is 36.5 Å². The summed E-state index contributed by atoms with van der Waals surface area (Å²) in [7, 11) is 0. The standard InChI is InChI=1S/C16H19N3O2.2ClH/c17-16(6-9-21-10-7-16)15(20)19-11-14-13-4-2-1-3-12(13)5-8-18-14;;/h1-5,8H,6-7,9-11,17H2,(H,19,20);2*1H. The maximum Gasteiger partial charge on any atom is 0.240 e. The van der Waals surface area contributed by atoms with Crippen LogP contribution in [0.5, 0.6) is 0 Å². The third-order valence-corrected chi connectivity index (χ3v) is 4.01.